The molecular weight excluding hydrogens is 486 g/mol. The summed E-state index contributed by atoms with van der Waals surface area (Å²) in [5.41, 5.74) is 1.23. The second kappa shape index (κ2) is 10.5. The van der Waals surface area contributed by atoms with Gasteiger partial charge in [-0.2, -0.15) is 9.30 Å². The topological polar surface area (TPSA) is 90.2 Å². The molecule has 0 bridgehead atoms. The number of carbonyl (C=O) groups is 1. The number of thiazole rings is 1. The normalized spacial score (nSPS) is 15.9. The standard InChI is InChI=1S/C22H24ClN3O5S2/c1-2-30-14-11-26-19-8-5-17(23)15-20(19)32-22(26)24-21(27)16-3-6-18(7-4-16)33(28,29)25-9-12-31-13-10-25/h3-8,15H,2,9-14H2,1H3. The Morgan fingerprint density at radius 2 is 1.91 bits per heavy atom. The van der Waals surface area contributed by atoms with E-state index < -0.39 is 15.9 Å². The van der Waals surface area contributed by atoms with Crippen LogP contribution < -0.4 is 4.80 Å². The van der Waals surface area contributed by atoms with Gasteiger partial charge in [0.05, 0.1) is 34.9 Å². The number of carbonyl (C=O) groups excluding carboxylic acids is 1. The molecule has 0 spiro atoms. The largest absolute Gasteiger partial charge is 0.380 e. The van der Waals surface area contributed by atoms with E-state index in [-0.39, 0.29) is 4.90 Å². The molecule has 1 amide bonds. The van der Waals surface area contributed by atoms with E-state index in [1.54, 1.807) is 6.07 Å². The molecule has 4 rings (SSSR count). The van der Waals surface area contributed by atoms with E-state index in [2.05, 4.69) is 4.99 Å². The predicted molar refractivity (Wildman–Crippen MR) is 127 cm³/mol. The van der Waals surface area contributed by atoms with E-state index in [1.165, 1.54) is 39.9 Å². The molecule has 33 heavy (non-hydrogen) atoms. The molecule has 0 aliphatic carbocycles. The third kappa shape index (κ3) is 5.37. The summed E-state index contributed by atoms with van der Waals surface area (Å²) >= 11 is 7.50. The quantitative estimate of drug-likeness (QED) is 0.456. The lowest BCUT2D eigenvalue weighted by Crippen LogP contribution is -2.40. The molecule has 1 aromatic heterocycles. The zero-order chi connectivity index (χ0) is 23.4. The van der Waals surface area contributed by atoms with E-state index in [0.717, 1.165) is 10.2 Å². The lowest BCUT2D eigenvalue weighted by Gasteiger charge is -2.26. The maximum Gasteiger partial charge on any atom is 0.279 e. The molecule has 0 N–H and O–H groups in total. The van der Waals surface area contributed by atoms with Crippen LogP contribution in [0.3, 0.4) is 0 Å². The summed E-state index contributed by atoms with van der Waals surface area (Å²) in [4.78, 5) is 17.9. The summed E-state index contributed by atoms with van der Waals surface area (Å²) in [5.74, 6) is -0.451. The number of halogens is 1. The van der Waals surface area contributed by atoms with Gasteiger partial charge in [0, 0.05) is 36.8 Å². The number of ether oxygens (including phenoxy) is 2. The van der Waals surface area contributed by atoms with E-state index in [4.69, 9.17) is 21.1 Å². The van der Waals surface area contributed by atoms with Crippen molar-refractivity contribution in [2.45, 2.75) is 18.4 Å². The third-order valence-electron chi connectivity index (χ3n) is 5.21. The number of sulfonamides is 1. The van der Waals surface area contributed by atoms with Crippen molar-refractivity contribution < 1.29 is 22.7 Å². The van der Waals surface area contributed by atoms with Crippen molar-refractivity contribution in [2.24, 2.45) is 4.99 Å². The Bertz CT molecular complexity index is 1310. The van der Waals surface area contributed by atoms with Gasteiger partial charge in [-0.05, 0) is 49.4 Å². The number of amides is 1. The van der Waals surface area contributed by atoms with Crippen LogP contribution in [0.25, 0.3) is 10.2 Å². The highest BCUT2D eigenvalue weighted by Crippen LogP contribution is 2.22. The van der Waals surface area contributed by atoms with Gasteiger partial charge in [0.2, 0.25) is 10.0 Å². The smallest absolute Gasteiger partial charge is 0.279 e. The van der Waals surface area contributed by atoms with Gasteiger partial charge in [-0.15, -0.1) is 0 Å². The van der Waals surface area contributed by atoms with E-state index >= 15 is 0 Å². The first kappa shape index (κ1) is 24.1. The minimum atomic E-state index is -3.62. The maximum atomic E-state index is 12.9. The number of morpholine rings is 1. The monoisotopic (exact) mass is 509 g/mol. The number of nitrogens with zero attached hydrogens (tertiary/aromatic N) is 3. The fourth-order valence-electron chi connectivity index (χ4n) is 3.51. The van der Waals surface area contributed by atoms with Crippen LogP contribution >= 0.6 is 22.9 Å². The highest BCUT2D eigenvalue weighted by Gasteiger charge is 2.26. The van der Waals surface area contributed by atoms with Crippen molar-refractivity contribution in [1.82, 2.24) is 8.87 Å². The van der Waals surface area contributed by atoms with Gasteiger partial charge in [-0.3, -0.25) is 4.79 Å². The molecule has 2 heterocycles. The van der Waals surface area contributed by atoms with Crippen LogP contribution in [0.5, 0.6) is 0 Å². The summed E-state index contributed by atoms with van der Waals surface area (Å²) in [5, 5.41) is 0.607. The molecule has 1 saturated heterocycles. The second-order valence-corrected chi connectivity index (χ2v) is 10.7. The van der Waals surface area contributed by atoms with Crippen LogP contribution in [0, 0.1) is 0 Å². The number of rotatable bonds is 7. The van der Waals surface area contributed by atoms with E-state index in [1.807, 2.05) is 23.6 Å². The lowest BCUT2D eigenvalue weighted by atomic mass is 10.2. The molecule has 0 unspecified atom stereocenters. The molecule has 2 aromatic carbocycles. The summed E-state index contributed by atoms with van der Waals surface area (Å²) < 4.78 is 40.5. The maximum absolute atomic E-state index is 12.9. The third-order valence-corrected chi connectivity index (χ3v) is 8.40. The Morgan fingerprint density at radius 3 is 2.61 bits per heavy atom. The molecular formula is C22H24ClN3O5S2. The number of aromatic nitrogens is 1. The minimum Gasteiger partial charge on any atom is -0.380 e. The SMILES string of the molecule is CCOCCn1c(=NC(=O)c2ccc(S(=O)(=O)N3CCOCC3)cc2)sc2cc(Cl)ccc21. The lowest BCUT2D eigenvalue weighted by molar-refractivity contribution is 0.0730. The van der Waals surface area contributed by atoms with Crippen molar-refractivity contribution in [3.63, 3.8) is 0 Å². The number of benzene rings is 2. The Morgan fingerprint density at radius 1 is 1.18 bits per heavy atom. The van der Waals surface area contributed by atoms with E-state index in [9.17, 15) is 13.2 Å². The molecule has 0 radical (unpaired) electrons. The van der Waals surface area contributed by atoms with E-state index in [0.29, 0.717) is 61.4 Å². The Balaban J connectivity index is 1.63. The molecule has 1 aliphatic rings. The van der Waals surface area contributed by atoms with Crippen molar-refractivity contribution in [3.05, 3.63) is 57.9 Å². The highest BCUT2D eigenvalue weighted by atomic mass is 35.5. The Kier molecular flexibility index (Phi) is 7.62. The average Bonchev–Trinajstić information content (AvgIpc) is 3.15. The number of hydrogen-bond donors (Lipinski definition) is 0. The molecule has 0 saturated carbocycles. The zero-order valence-corrected chi connectivity index (χ0v) is 20.5. The van der Waals surface area contributed by atoms with Gasteiger partial charge < -0.3 is 14.0 Å². The predicted octanol–water partition coefficient (Wildman–Crippen LogP) is 3.15. The molecule has 3 aromatic rings. The van der Waals surface area contributed by atoms with Crippen LogP contribution in [0.1, 0.15) is 17.3 Å². The fraction of sp³-hybridized carbons (Fsp3) is 0.364. The highest BCUT2D eigenvalue weighted by molar-refractivity contribution is 7.89. The van der Waals surface area contributed by atoms with Crippen molar-refractivity contribution >= 4 is 49.1 Å². The first-order valence-corrected chi connectivity index (χ1v) is 13.2. The van der Waals surface area contributed by atoms with Crippen LogP contribution in [0.15, 0.2) is 52.4 Å². The summed E-state index contributed by atoms with van der Waals surface area (Å²) in [6.07, 6.45) is 0. The fourth-order valence-corrected chi connectivity index (χ4v) is 6.24. The average molecular weight is 510 g/mol. The Labute approximate surface area is 201 Å². The summed E-state index contributed by atoms with van der Waals surface area (Å²) in [6.45, 7) is 4.93. The van der Waals surface area contributed by atoms with Gasteiger partial charge in [0.25, 0.3) is 5.91 Å². The van der Waals surface area contributed by atoms with Gasteiger partial charge in [0.1, 0.15) is 0 Å². The van der Waals surface area contributed by atoms with Crippen molar-refractivity contribution in [2.75, 3.05) is 39.5 Å². The molecule has 11 heteroatoms. The molecule has 176 valence electrons. The molecule has 0 atom stereocenters. The number of hydrogen-bond acceptors (Lipinski definition) is 6. The van der Waals surface area contributed by atoms with Crippen molar-refractivity contribution in [3.8, 4) is 0 Å². The molecule has 1 aliphatic heterocycles. The minimum absolute atomic E-state index is 0.143. The first-order valence-electron chi connectivity index (χ1n) is 10.5. The number of fused-ring (bicyclic) bond motifs is 1. The van der Waals surface area contributed by atoms with Crippen LogP contribution in [-0.4, -0.2) is 62.7 Å². The van der Waals surface area contributed by atoms with Crippen molar-refractivity contribution in [1.29, 1.82) is 0 Å². The summed E-state index contributed by atoms with van der Waals surface area (Å²) in [6, 6.07) is 11.4. The van der Waals surface area contributed by atoms with Crippen LogP contribution in [0.2, 0.25) is 5.02 Å². The van der Waals surface area contributed by atoms with Gasteiger partial charge in [-0.1, -0.05) is 22.9 Å². The van der Waals surface area contributed by atoms with Crippen LogP contribution in [0.4, 0.5) is 0 Å². The second-order valence-electron chi connectivity index (χ2n) is 7.30. The molecule has 8 nitrogen and oxygen atoms in total. The van der Waals surface area contributed by atoms with Crippen LogP contribution in [-0.2, 0) is 26.0 Å². The zero-order valence-electron chi connectivity index (χ0n) is 18.1. The molecule has 1 fully saturated rings. The Hall–Kier alpha value is -2.08. The van der Waals surface area contributed by atoms with Gasteiger partial charge in [0.15, 0.2) is 4.80 Å². The first-order chi connectivity index (χ1) is 15.9. The summed E-state index contributed by atoms with van der Waals surface area (Å²) in [7, 11) is -3.62. The van der Waals surface area contributed by atoms with Gasteiger partial charge >= 0.3 is 0 Å². The van der Waals surface area contributed by atoms with Gasteiger partial charge in [-0.25, -0.2) is 8.42 Å².